The molecule has 0 aliphatic carbocycles. The number of rotatable bonds is 7. The monoisotopic (exact) mass is 347 g/mol. The summed E-state index contributed by atoms with van der Waals surface area (Å²) in [7, 11) is 3.66. The summed E-state index contributed by atoms with van der Waals surface area (Å²) in [5, 5.41) is 3.72. The zero-order chi connectivity index (χ0) is 17.5. The van der Waals surface area contributed by atoms with Crippen LogP contribution < -0.4 is 15.0 Å². The number of likely N-dealkylation sites (N-methyl/N-ethyl adjacent to an activating group) is 1. The molecule has 0 saturated heterocycles. The standard InChI is InChI=1S/C19H23ClN2O2/c1-14(16-6-8-17(20)9-7-16)21-19(23)13-22(2)12-15-4-10-18(24-3)11-5-15/h4-11,14H,12-13H2,1-3H3,(H,21,23)/p+1/t14-/m0/s1. The number of quaternary nitrogens is 1. The Labute approximate surface area is 148 Å². The van der Waals surface area contributed by atoms with Crippen molar-refractivity contribution in [1.29, 1.82) is 0 Å². The van der Waals surface area contributed by atoms with Crippen LogP contribution >= 0.6 is 11.6 Å². The second kappa shape index (κ2) is 8.71. The number of amides is 1. The Bertz CT molecular complexity index is 656. The van der Waals surface area contributed by atoms with Gasteiger partial charge in [0, 0.05) is 10.6 Å². The minimum Gasteiger partial charge on any atom is -0.497 e. The van der Waals surface area contributed by atoms with Gasteiger partial charge < -0.3 is 15.0 Å². The van der Waals surface area contributed by atoms with Crippen LogP contribution in [0.2, 0.25) is 5.02 Å². The first-order chi connectivity index (χ1) is 11.5. The van der Waals surface area contributed by atoms with Gasteiger partial charge in [-0.25, -0.2) is 0 Å². The van der Waals surface area contributed by atoms with Crippen molar-refractivity contribution in [2.24, 2.45) is 0 Å². The van der Waals surface area contributed by atoms with E-state index in [1.54, 1.807) is 7.11 Å². The van der Waals surface area contributed by atoms with Gasteiger partial charge in [0.05, 0.1) is 20.2 Å². The maximum absolute atomic E-state index is 12.2. The molecule has 0 fully saturated rings. The summed E-state index contributed by atoms with van der Waals surface area (Å²) >= 11 is 5.89. The first-order valence-electron chi connectivity index (χ1n) is 7.97. The minimum absolute atomic E-state index is 0.0310. The maximum Gasteiger partial charge on any atom is 0.275 e. The summed E-state index contributed by atoms with van der Waals surface area (Å²) in [4.78, 5) is 13.3. The van der Waals surface area contributed by atoms with E-state index in [2.05, 4.69) is 5.32 Å². The molecule has 2 atom stereocenters. The van der Waals surface area contributed by atoms with Crippen molar-refractivity contribution >= 4 is 17.5 Å². The molecule has 2 N–H and O–H groups in total. The highest BCUT2D eigenvalue weighted by Crippen LogP contribution is 2.15. The Morgan fingerprint density at radius 3 is 2.38 bits per heavy atom. The zero-order valence-corrected chi connectivity index (χ0v) is 15.1. The summed E-state index contributed by atoms with van der Waals surface area (Å²) in [6.07, 6.45) is 0. The molecule has 128 valence electrons. The molecule has 0 radical (unpaired) electrons. The molecule has 2 aromatic rings. The van der Waals surface area contributed by atoms with Gasteiger partial charge in [-0.2, -0.15) is 0 Å². The van der Waals surface area contributed by atoms with Crippen molar-refractivity contribution in [3.05, 3.63) is 64.7 Å². The summed E-state index contributed by atoms with van der Waals surface area (Å²) in [5.74, 6) is 0.870. The van der Waals surface area contributed by atoms with Gasteiger partial charge in [-0.05, 0) is 48.9 Å². The van der Waals surface area contributed by atoms with E-state index < -0.39 is 0 Å². The van der Waals surface area contributed by atoms with E-state index in [1.807, 2.05) is 62.5 Å². The van der Waals surface area contributed by atoms with Gasteiger partial charge in [-0.3, -0.25) is 4.79 Å². The quantitative estimate of drug-likeness (QED) is 0.806. The number of hydrogen-bond acceptors (Lipinski definition) is 2. The van der Waals surface area contributed by atoms with Crippen LogP contribution in [0.15, 0.2) is 48.5 Å². The predicted octanol–water partition coefficient (Wildman–Crippen LogP) is 2.24. The zero-order valence-electron chi connectivity index (χ0n) is 14.3. The lowest BCUT2D eigenvalue weighted by Crippen LogP contribution is -3.08. The number of methoxy groups -OCH3 is 1. The Balaban J connectivity index is 1.83. The van der Waals surface area contributed by atoms with Crippen molar-refractivity contribution in [1.82, 2.24) is 5.32 Å². The summed E-state index contributed by atoms with van der Waals surface area (Å²) in [6, 6.07) is 15.4. The fourth-order valence-electron chi connectivity index (χ4n) is 2.56. The average Bonchev–Trinajstić information content (AvgIpc) is 2.55. The average molecular weight is 348 g/mol. The Morgan fingerprint density at radius 1 is 1.17 bits per heavy atom. The molecule has 5 heteroatoms. The predicted molar refractivity (Wildman–Crippen MR) is 96.5 cm³/mol. The SMILES string of the molecule is COc1ccc(C[NH+](C)CC(=O)N[C@@H](C)c2ccc(Cl)cc2)cc1. The molecule has 0 heterocycles. The normalized spacial score (nSPS) is 13.2. The number of nitrogens with one attached hydrogen (secondary N) is 2. The molecule has 0 spiro atoms. The van der Waals surface area contributed by atoms with Crippen LogP contribution in [0.4, 0.5) is 0 Å². The third-order valence-corrected chi connectivity index (χ3v) is 4.13. The second-order valence-electron chi connectivity index (χ2n) is 6.00. The van der Waals surface area contributed by atoms with Crippen molar-refractivity contribution < 1.29 is 14.4 Å². The van der Waals surface area contributed by atoms with E-state index in [9.17, 15) is 4.79 Å². The van der Waals surface area contributed by atoms with Crippen molar-refractivity contribution in [2.75, 3.05) is 20.7 Å². The van der Waals surface area contributed by atoms with E-state index in [4.69, 9.17) is 16.3 Å². The molecule has 0 aromatic heterocycles. The number of halogens is 1. The molecule has 2 aromatic carbocycles. The fourth-order valence-corrected chi connectivity index (χ4v) is 2.68. The summed E-state index contributed by atoms with van der Waals surface area (Å²) in [5.41, 5.74) is 2.22. The van der Waals surface area contributed by atoms with E-state index in [0.717, 1.165) is 22.8 Å². The lowest BCUT2D eigenvalue weighted by Gasteiger charge is -2.17. The lowest BCUT2D eigenvalue weighted by molar-refractivity contribution is -0.885. The topological polar surface area (TPSA) is 42.8 Å². The Kier molecular flexibility index (Phi) is 6.64. The molecular formula is C19H24ClN2O2+. The van der Waals surface area contributed by atoms with Crippen LogP contribution in [0.1, 0.15) is 24.1 Å². The number of hydrogen-bond donors (Lipinski definition) is 2. The van der Waals surface area contributed by atoms with Gasteiger partial charge >= 0.3 is 0 Å². The van der Waals surface area contributed by atoms with E-state index >= 15 is 0 Å². The Hall–Kier alpha value is -2.04. The highest BCUT2D eigenvalue weighted by Gasteiger charge is 2.14. The molecule has 2 rings (SSSR count). The third-order valence-electron chi connectivity index (χ3n) is 3.87. The minimum atomic E-state index is -0.0384. The molecular weight excluding hydrogens is 324 g/mol. The van der Waals surface area contributed by atoms with Crippen LogP contribution in [-0.2, 0) is 11.3 Å². The van der Waals surface area contributed by atoms with Gasteiger partial charge in [0.2, 0.25) is 0 Å². The van der Waals surface area contributed by atoms with E-state index in [0.29, 0.717) is 11.6 Å². The molecule has 0 saturated carbocycles. The van der Waals surface area contributed by atoms with Crippen LogP contribution in [0.5, 0.6) is 5.75 Å². The van der Waals surface area contributed by atoms with Gasteiger partial charge in [-0.1, -0.05) is 23.7 Å². The van der Waals surface area contributed by atoms with Crippen molar-refractivity contribution in [3.8, 4) is 5.75 Å². The van der Waals surface area contributed by atoms with Gasteiger partial charge in [0.25, 0.3) is 5.91 Å². The molecule has 4 nitrogen and oxygen atoms in total. The molecule has 24 heavy (non-hydrogen) atoms. The fraction of sp³-hybridized carbons (Fsp3) is 0.316. The first-order valence-corrected chi connectivity index (χ1v) is 8.35. The van der Waals surface area contributed by atoms with E-state index in [-0.39, 0.29) is 11.9 Å². The number of carbonyl (C=O) groups is 1. The van der Waals surface area contributed by atoms with Crippen molar-refractivity contribution in [2.45, 2.75) is 19.5 Å². The van der Waals surface area contributed by atoms with Crippen LogP contribution in [0.3, 0.4) is 0 Å². The first kappa shape index (κ1) is 18.3. The molecule has 0 aliphatic rings. The number of ether oxygens (including phenoxy) is 1. The summed E-state index contributed by atoms with van der Waals surface area (Å²) < 4.78 is 5.15. The highest BCUT2D eigenvalue weighted by molar-refractivity contribution is 6.30. The molecule has 0 bridgehead atoms. The van der Waals surface area contributed by atoms with Crippen LogP contribution in [0, 0.1) is 0 Å². The number of benzene rings is 2. The highest BCUT2D eigenvalue weighted by atomic mass is 35.5. The van der Waals surface area contributed by atoms with Crippen LogP contribution in [-0.4, -0.2) is 26.6 Å². The van der Waals surface area contributed by atoms with Crippen molar-refractivity contribution in [3.63, 3.8) is 0 Å². The third kappa shape index (κ3) is 5.55. The van der Waals surface area contributed by atoms with Crippen LogP contribution in [0.25, 0.3) is 0 Å². The van der Waals surface area contributed by atoms with Gasteiger partial charge in [0.1, 0.15) is 12.3 Å². The van der Waals surface area contributed by atoms with Gasteiger partial charge in [0.15, 0.2) is 6.54 Å². The molecule has 0 aliphatic heterocycles. The van der Waals surface area contributed by atoms with Gasteiger partial charge in [-0.15, -0.1) is 0 Å². The summed E-state index contributed by atoms with van der Waals surface area (Å²) in [6.45, 7) is 3.18. The molecule has 1 amide bonds. The largest absolute Gasteiger partial charge is 0.497 e. The number of carbonyl (C=O) groups excluding carboxylic acids is 1. The molecule has 1 unspecified atom stereocenters. The smallest absolute Gasteiger partial charge is 0.275 e. The van der Waals surface area contributed by atoms with E-state index in [1.165, 1.54) is 5.56 Å². The Morgan fingerprint density at radius 2 is 1.79 bits per heavy atom. The second-order valence-corrected chi connectivity index (χ2v) is 6.44. The lowest BCUT2D eigenvalue weighted by atomic mass is 10.1. The maximum atomic E-state index is 12.2.